The predicted molar refractivity (Wildman–Crippen MR) is 86.2 cm³/mol. The summed E-state index contributed by atoms with van der Waals surface area (Å²) in [5.41, 5.74) is 2.44. The summed E-state index contributed by atoms with van der Waals surface area (Å²) in [6.45, 7) is 4.32. The van der Waals surface area contributed by atoms with Crippen LogP contribution in [0, 0.1) is 0 Å². The van der Waals surface area contributed by atoms with Crippen molar-refractivity contribution in [3.05, 3.63) is 42.1 Å². The fraction of sp³-hybridized carbons (Fsp3) is 0.312. The maximum atomic E-state index is 12.6. The fourth-order valence-electron chi connectivity index (χ4n) is 3.20. The summed E-state index contributed by atoms with van der Waals surface area (Å²) in [5.74, 6) is 1.17. The van der Waals surface area contributed by atoms with E-state index in [1.807, 2.05) is 13.2 Å². The van der Waals surface area contributed by atoms with Gasteiger partial charge in [0.2, 0.25) is 0 Å². The van der Waals surface area contributed by atoms with Gasteiger partial charge in [-0.3, -0.25) is 9.48 Å². The number of hydrogen-bond acceptors (Lipinski definition) is 3. The number of aryl methyl sites for hydroxylation is 1. The molecule has 7 nitrogen and oxygen atoms in total. The smallest absolute Gasteiger partial charge is 0.259 e. The second-order valence-corrected chi connectivity index (χ2v) is 6.49. The molecule has 0 aromatic carbocycles. The average molecular weight is 310 g/mol. The van der Waals surface area contributed by atoms with E-state index in [1.54, 1.807) is 29.3 Å². The fourth-order valence-corrected chi connectivity index (χ4v) is 3.20. The summed E-state index contributed by atoms with van der Waals surface area (Å²) >= 11 is 0. The monoisotopic (exact) mass is 310 g/mol. The molecule has 4 heterocycles. The van der Waals surface area contributed by atoms with E-state index in [9.17, 15) is 4.79 Å². The lowest BCUT2D eigenvalue weighted by atomic mass is 9.90. The summed E-state index contributed by atoms with van der Waals surface area (Å²) < 4.78 is 3.78. The Balaban J connectivity index is 1.74. The number of nitrogens with zero attached hydrogens (tertiary/aromatic N) is 4. The van der Waals surface area contributed by atoms with Crippen molar-refractivity contribution in [2.24, 2.45) is 7.05 Å². The van der Waals surface area contributed by atoms with Crippen molar-refractivity contribution in [1.29, 1.82) is 0 Å². The van der Waals surface area contributed by atoms with Crippen LogP contribution in [0.1, 0.15) is 29.9 Å². The molecular formula is C16H18N6O. The number of carbonyl (C=O) groups is 1. The van der Waals surface area contributed by atoms with Gasteiger partial charge in [0.05, 0.1) is 11.1 Å². The van der Waals surface area contributed by atoms with Gasteiger partial charge in [0.25, 0.3) is 5.91 Å². The number of fused-ring (bicyclic) bond motifs is 3. The largest absolute Gasteiger partial charge is 0.364 e. The van der Waals surface area contributed by atoms with Crippen LogP contribution < -0.4 is 5.32 Å². The van der Waals surface area contributed by atoms with Crippen LogP contribution in [0.4, 0.5) is 5.82 Å². The summed E-state index contributed by atoms with van der Waals surface area (Å²) in [7, 11) is 1.81. The van der Waals surface area contributed by atoms with Crippen LogP contribution in [-0.4, -0.2) is 30.2 Å². The highest BCUT2D eigenvalue weighted by Crippen LogP contribution is 2.38. The van der Waals surface area contributed by atoms with E-state index in [0.717, 1.165) is 23.5 Å². The van der Waals surface area contributed by atoms with E-state index in [2.05, 4.69) is 38.8 Å². The van der Waals surface area contributed by atoms with Crippen molar-refractivity contribution >= 4 is 11.7 Å². The molecule has 7 heteroatoms. The number of anilines is 1. The van der Waals surface area contributed by atoms with Crippen molar-refractivity contribution in [2.75, 3.05) is 5.32 Å². The van der Waals surface area contributed by atoms with Crippen LogP contribution in [-0.2, 0) is 19.0 Å². The number of aromatic amines is 1. The van der Waals surface area contributed by atoms with Crippen molar-refractivity contribution in [3.8, 4) is 11.4 Å². The molecule has 118 valence electrons. The topological polar surface area (TPSA) is 80.5 Å². The molecule has 0 bridgehead atoms. The summed E-state index contributed by atoms with van der Waals surface area (Å²) in [5, 5.41) is 7.01. The molecule has 0 spiro atoms. The van der Waals surface area contributed by atoms with Crippen molar-refractivity contribution in [2.45, 2.75) is 25.8 Å². The Morgan fingerprint density at radius 2 is 2.22 bits per heavy atom. The van der Waals surface area contributed by atoms with Crippen LogP contribution in [0.5, 0.6) is 0 Å². The number of amides is 1. The van der Waals surface area contributed by atoms with E-state index in [0.29, 0.717) is 11.4 Å². The Bertz CT molecular complexity index is 897. The van der Waals surface area contributed by atoms with Gasteiger partial charge in [0, 0.05) is 55.6 Å². The first-order valence-electron chi connectivity index (χ1n) is 7.51. The maximum absolute atomic E-state index is 12.6. The number of rotatable bonds is 2. The van der Waals surface area contributed by atoms with Gasteiger partial charge in [0.1, 0.15) is 5.82 Å². The standard InChI is InChI=1S/C16H18N6O/c1-16(2)8-11-13(14-17-5-7-22(14)16)10(9-18-11)15(23)19-12-4-6-21(3)20-12/h4-7,9,18H,8H2,1-3H3,(H,19,20,23). The van der Waals surface area contributed by atoms with Crippen LogP contribution in [0.15, 0.2) is 30.9 Å². The highest BCUT2D eigenvalue weighted by Gasteiger charge is 2.34. The first kappa shape index (κ1) is 13.8. The molecule has 0 radical (unpaired) electrons. The van der Waals surface area contributed by atoms with Crippen LogP contribution in [0.2, 0.25) is 0 Å². The molecule has 1 aliphatic rings. The highest BCUT2D eigenvalue weighted by atomic mass is 16.1. The van der Waals surface area contributed by atoms with Gasteiger partial charge in [-0.15, -0.1) is 0 Å². The number of aromatic nitrogens is 5. The summed E-state index contributed by atoms with van der Waals surface area (Å²) in [6, 6.07) is 1.76. The SMILES string of the molecule is Cn1ccc(NC(=O)c2c[nH]c3c2-c2nccn2C(C)(C)C3)n1. The molecule has 2 N–H and O–H groups in total. The Morgan fingerprint density at radius 1 is 1.39 bits per heavy atom. The maximum Gasteiger partial charge on any atom is 0.259 e. The first-order valence-corrected chi connectivity index (χ1v) is 7.51. The van der Waals surface area contributed by atoms with Gasteiger partial charge in [-0.05, 0) is 13.8 Å². The molecule has 0 fully saturated rings. The lowest BCUT2D eigenvalue weighted by Gasteiger charge is -2.32. The van der Waals surface area contributed by atoms with Crippen LogP contribution in [0.3, 0.4) is 0 Å². The van der Waals surface area contributed by atoms with Crippen molar-refractivity contribution < 1.29 is 4.79 Å². The third kappa shape index (κ3) is 2.08. The highest BCUT2D eigenvalue weighted by molar-refractivity contribution is 6.08. The van der Waals surface area contributed by atoms with E-state index in [1.165, 1.54) is 0 Å². The number of hydrogen-bond donors (Lipinski definition) is 2. The Kier molecular flexibility index (Phi) is 2.75. The number of H-pyrrole nitrogens is 1. The van der Waals surface area contributed by atoms with Gasteiger partial charge in [-0.2, -0.15) is 5.10 Å². The third-order valence-corrected chi connectivity index (χ3v) is 4.29. The Morgan fingerprint density at radius 3 is 2.96 bits per heavy atom. The summed E-state index contributed by atoms with van der Waals surface area (Å²) in [4.78, 5) is 20.3. The normalized spacial score (nSPS) is 15.1. The molecule has 0 aliphatic carbocycles. The molecule has 0 saturated heterocycles. The minimum Gasteiger partial charge on any atom is -0.364 e. The summed E-state index contributed by atoms with van der Waals surface area (Å²) in [6.07, 6.45) is 8.11. The second-order valence-electron chi connectivity index (χ2n) is 6.49. The average Bonchev–Trinajstić information content (AvgIpc) is 3.16. The van der Waals surface area contributed by atoms with Crippen LogP contribution in [0.25, 0.3) is 11.4 Å². The van der Waals surface area contributed by atoms with Gasteiger partial charge in [0.15, 0.2) is 5.82 Å². The number of nitrogens with one attached hydrogen (secondary N) is 2. The van der Waals surface area contributed by atoms with E-state index >= 15 is 0 Å². The minimum atomic E-state index is -0.185. The first-order chi connectivity index (χ1) is 11.0. The number of carbonyl (C=O) groups excluding carboxylic acids is 1. The van der Waals surface area contributed by atoms with Gasteiger partial charge in [-0.1, -0.05) is 0 Å². The zero-order valence-electron chi connectivity index (χ0n) is 13.3. The second kappa shape index (κ2) is 4.58. The number of imidazole rings is 1. The lowest BCUT2D eigenvalue weighted by molar-refractivity contribution is 0.102. The molecular weight excluding hydrogens is 292 g/mol. The van der Waals surface area contributed by atoms with E-state index < -0.39 is 0 Å². The van der Waals surface area contributed by atoms with Crippen molar-refractivity contribution in [3.63, 3.8) is 0 Å². The molecule has 23 heavy (non-hydrogen) atoms. The minimum absolute atomic E-state index is 0.0710. The van der Waals surface area contributed by atoms with Gasteiger partial charge in [-0.25, -0.2) is 4.98 Å². The molecule has 3 aromatic rings. The molecule has 4 rings (SSSR count). The quantitative estimate of drug-likeness (QED) is 0.761. The van der Waals surface area contributed by atoms with Gasteiger partial charge < -0.3 is 14.9 Å². The Labute approximate surface area is 133 Å². The predicted octanol–water partition coefficient (Wildman–Crippen LogP) is 2.16. The molecule has 0 atom stereocenters. The molecule has 1 amide bonds. The third-order valence-electron chi connectivity index (χ3n) is 4.29. The zero-order chi connectivity index (χ0) is 16.2. The molecule has 0 saturated carbocycles. The van der Waals surface area contributed by atoms with Gasteiger partial charge >= 0.3 is 0 Å². The van der Waals surface area contributed by atoms with E-state index in [-0.39, 0.29) is 11.4 Å². The lowest BCUT2D eigenvalue weighted by Crippen LogP contribution is -2.33. The molecule has 3 aromatic heterocycles. The Hall–Kier alpha value is -2.83. The van der Waals surface area contributed by atoms with Crippen molar-refractivity contribution in [1.82, 2.24) is 24.3 Å². The molecule has 1 aliphatic heterocycles. The zero-order valence-corrected chi connectivity index (χ0v) is 13.3. The molecule has 0 unspecified atom stereocenters. The van der Waals surface area contributed by atoms with Crippen LogP contribution >= 0.6 is 0 Å². The van der Waals surface area contributed by atoms with E-state index in [4.69, 9.17) is 0 Å².